The van der Waals surface area contributed by atoms with E-state index in [2.05, 4.69) is 22.1 Å². The SMILES string of the molecule is CCCCN1CCCCC1CN=C(N)Nc1ccc(OC)c(Cl)c1.I. The predicted molar refractivity (Wildman–Crippen MR) is 118 cm³/mol. The van der Waals surface area contributed by atoms with Crippen LogP contribution in [0, 0.1) is 0 Å². The number of nitrogens with one attached hydrogen (secondary N) is 1. The molecule has 0 saturated carbocycles. The van der Waals surface area contributed by atoms with Gasteiger partial charge in [-0.2, -0.15) is 0 Å². The van der Waals surface area contributed by atoms with E-state index in [1.54, 1.807) is 13.2 Å². The van der Waals surface area contributed by atoms with Crippen molar-refractivity contribution in [2.75, 3.05) is 32.1 Å². The molecule has 5 nitrogen and oxygen atoms in total. The molecule has 1 aliphatic heterocycles. The molecule has 1 heterocycles. The van der Waals surface area contributed by atoms with Gasteiger partial charge in [0, 0.05) is 11.7 Å². The van der Waals surface area contributed by atoms with Crippen LogP contribution in [-0.4, -0.2) is 43.6 Å². The van der Waals surface area contributed by atoms with E-state index < -0.39 is 0 Å². The lowest BCUT2D eigenvalue weighted by molar-refractivity contribution is 0.151. The second-order valence-electron chi connectivity index (χ2n) is 6.24. The average Bonchev–Trinajstić information content (AvgIpc) is 2.59. The number of ether oxygens (including phenoxy) is 1. The fourth-order valence-corrected chi connectivity index (χ4v) is 3.32. The van der Waals surface area contributed by atoms with Gasteiger partial charge in [0.1, 0.15) is 5.75 Å². The Labute approximate surface area is 173 Å². The van der Waals surface area contributed by atoms with Crippen molar-refractivity contribution in [1.29, 1.82) is 0 Å². The molecule has 0 spiro atoms. The third-order valence-corrected chi connectivity index (χ3v) is 4.74. The van der Waals surface area contributed by atoms with Crippen LogP contribution in [0.2, 0.25) is 5.02 Å². The number of halogens is 2. The Morgan fingerprint density at radius 2 is 2.24 bits per heavy atom. The first-order valence-corrected chi connectivity index (χ1v) is 9.16. The van der Waals surface area contributed by atoms with E-state index in [-0.39, 0.29) is 24.0 Å². The molecule has 1 aromatic carbocycles. The number of unbranched alkanes of at least 4 members (excludes halogenated alkanes) is 1. The molecule has 2 rings (SSSR count). The molecule has 142 valence electrons. The number of guanidine groups is 1. The van der Waals surface area contributed by atoms with Gasteiger partial charge in [-0.15, -0.1) is 24.0 Å². The van der Waals surface area contributed by atoms with Gasteiger partial charge in [-0.25, -0.2) is 0 Å². The molecule has 1 aliphatic rings. The van der Waals surface area contributed by atoms with Crippen molar-refractivity contribution in [2.45, 2.75) is 45.1 Å². The molecule has 1 aromatic rings. The van der Waals surface area contributed by atoms with Gasteiger partial charge in [0.15, 0.2) is 5.96 Å². The summed E-state index contributed by atoms with van der Waals surface area (Å²) in [6, 6.07) is 5.98. The highest BCUT2D eigenvalue weighted by molar-refractivity contribution is 14.0. The number of benzene rings is 1. The molecule has 0 aromatic heterocycles. The minimum absolute atomic E-state index is 0. The lowest BCUT2D eigenvalue weighted by Gasteiger charge is -2.34. The van der Waals surface area contributed by atoms with Crippen LogP contribution in [0.25, 0.3) is 0 Å². The van der Waals surface area contributed by atoms with Crippen LogP contribution in [0.3, 0.4) is 0 Å². The molecule has 3 N–H and O–H groups in total. The minimum Gasteiger partial charge on any atom is -0.495 e. The van der Waals surface area contributed by atoms with E-state index in [1.165, 1.54) is 38.6 Å². The Kier molecular flexibility index (Phi) is 10.5. The van der Waals surface area contributed by atoms with Crippen LogP contribution in [0.1, 0.15) is 39.0 Å². The lowest BCUT2D eigenvalue weighted by Crippen LogP contribution is -2.42. The minimum atomic E-state index is 0. The average molecular weight is 481 g/mol. The molecule has 25 heavy (non-hydrogen) atoms. The van der Waals surface area contributed by atoms with Crippen molar-refractivity contribution in [2.24, 2.45) is 10.7 Å². The summed E-state index contributed by atoms with van der Waals surface area (Å²) >= 11 is 6.13. The van der Waals surface area contributed by atoms with Gasteiger partial charge >= 0.3 is 0 Å². The highest BCUT2D eigenvalue weighted by atomic mass is 127. The molecule has 1 unspecified atom stereocenters. The van der Waals surface area contributed by atoms with Crippen molar-refractivity contribution >= 4 is 47.2 Å². The first kappa shape index (κ1) is 22.3. The number of piperidine rings is 1. The van der Waals surface area contributed by atoms with Gasteiger partial charge in [0.25, 0.3) is 0 Å². The number of aliphatic imine (C=N–C) groups is 1. The maximum Gasteiger partial charge on any atom is 0.193 e. The van der Waals surface area contributed by atoms with Gasteiger partial charge in [0.05, 0.1) is 18.7 Å². The molecule has 7 heteroatoms. The topological polar surface area (TPSA) is 62.9 Å². The Bertz CT molecular complexity index is 556. The zero-order valence-electron chi connectivity index (χ0n) is 15.1. The van der Waals surface area contributed by atoms with Crippen molar-refractivity contribution < 1.29 is 4.74 Å². The van der Waals surface area contributed by atoms with Crippen molar-refractivity contribution in [3.05, 3.63) is 23.2 Å². The molecule has 0 bridgehead atoms. The van der Waals surface area contributed by atoms with E-state index in [0.717, 1.165) is 18.8 Å². The summed E-state index contributed by atoms with van der Waals surface area (Å²) in [4.78, 5) is 7.10. The summed E-state index contributed by atoms with van der Waals surface area (Å²) < 4.78 is 5.15. The van der Waals surface area contributed by atoms with Gasteiger partial charge < -0.3 is 15.8 Å². The number of nitrogens with two attached hydrogens (primary N) is 1. The number of hydrogen-bond donors (Lipinski definition) is 2. The summed E-state index contributed by atoms with van der Waals surface area (Å²) in [6.07, 6.45) is 6.26. The molecule has 0 amide bonds. The summed E-state index contributed by atoms with van der Waals surface area (Å²) in [5, 5.41) is 3.65. The van der Waals surface area contributed by atoms with Crippen LogP contribution in [-0.2, 0) is 0 Å². The van der Waals surface area contributed by atoms with Gasteiger partial charge in [0.2, 0.25) is 0 Å². The van der Waals surface area contributed by atoms with Crippen molar-refractivity contribution in [3.63, 3.8) is 0 Å². The van der Waals surface area contributed by atoms with Gasteiger partial charge in [-0.1, -0.05) is 31.4 Å². The third-order valence-electron chi connectivity index (χ3n) is 4.44. The first-order valence-electron chi connectivity index (χ1n) is 8.78. The lowest BCUT2D eigenvalue weighted by atomic mass is 10.0. The first-order chi connectivity index (χ1) is 11.6. The quantitative estimate of drug-likeness (QED) is 0.346. The third kappa shape index (κ3) is 7.19. The second-order valence-corrected chi connectivity index (χ2v) is 6.65. The molecular formula is C18H30ClIN4O. The number of hydrogen-bond acceptors (Lipinski definition) is 3. The molecule has 1 atom stereocenters. The maximum atomic E-state index is 6.13. The summed E-state index contributed by atoms with van der Waals surface area (Å²) in [7, 11) is 1.60. The Morgan fingerprint density at radius 3 is 2.92 bits per heavy atom. The smallest absolute Gasteiger partial charge is 0.193 e. The van der Waals surface area contributed by atoms with Crippen molar-refractivity contribution in [3.8, 4) is 5.75 Å². The zero-order chi connectivity index (χ0) is 17.4. The summed E-state index contributed by atoms with van der Waals surface area (Å²) in [5.74, 6) is 1.07. The van der Waals surface area contributed by atoms with E-state index in [9.17, 15) is 0 Å². The molecule has 0 aliphatic carbocycles. The van der Waals surface area contributed by atoms with Crippen LogP contribution in [0.4, 0.5) is 5.69 Å². The maximum absolute atomic E-state index is 6.13. The Hall–Kier alpha value is -0.730. The summed E-state index contributed by atoms with van der Waals surface area (Å²) in [6.45, 7) is 5.32. The second kappa shape index (κ2) is 11.8. The molecule has 1 fully saturated rings. The summed E-state index contributed by atoms with van der Waals surface area (Å²) in [5.41, 5.74) is 6.85. The fraction of sp³-hybridized carbons (Fsp3) is 0.611. The fourth-order valence-electron chi connectivity index (χ4n) is 3.06. The number of nitrogens with zero attached hydrogens (tertiary/aromatic N) is 2. The largest absolute Gasteiger partial charge is 0.495 e. The normalized spacial score (nSPS) is 18.5. The predicted octanol–water partition coefficient (Wildman–Crippen LogP) is 4.35. The van der Waals surface area contributed by atoms with E-state index in [4.69, 9.17) is 22.1 Å². The van der Waals surface area contributed by atoms with Gasteiger partial charge in [-0.05, 0) is 50.6 Å². The standard InChI is InChI=1S/C18H29ClN4O.HI/c1-3-4-10-23-11-6-5-7-15(23)13-21-18(20)22-14-8-9-17(24-2)16(19)12-14;/h8-9,12,15H,3-7,10-11,13H2,1-2H3,(H3,20,21,22);1H. The number of anilines is 1. The van der Waals surface area contributed by atoms with Crippen LogP contribution >= 0.6 is 35.6 Å². The Morgan fingerprint density at radius 1 is 1.44 bits per heavy atom. The van der Waals surface area contributed by atoms with E-state index in [0.29, 0.717) is 22.8 Å². The van der Waals surface area contributed by atoms with Crippen LogP contribution in [0.15, 0.2) is 23.2 Å². The van der Waals surface area contributed by atoms with Crippen LogP contribution < -0.4 is 15.8 Å². The number of rotatable bonds is 7. The van der Waals surface area contributed by atoms with Gasteiger partial charge in [-0.3, -0.25) is 9.89 Å². The van der Waals surface area contributed by atoms with Crippen LogP contribution in [0.5, 0.6) is 5.75 Å². The monoisotopic (exact) mass is 480 g/mol. The molecular weight excluding hydrogens is 451 g/mol. The highest BCUT2D eigenvalue weighted by Crippen LogP contribution is 2.27. The Balaban J connectivity index is 0.00000312. The van der Waals surface area contributed by atoms with E-state index in [1.807, 2.05) is 12.1 Å². The number of likely N-dealkylation sites (tertiary alicyclic amines) is 1. The highest BCUT2D eigenvalue weighted by Gasteiger charge is 2.21. The number of methoxy groups -OCH3 is 1. The van der Waals surface area contributed by atoms with E-state index >= 15 is 0 Å². The van der Waals surface area contributed by atoms with Crippen molar-refractivity contribution in [1.82, 2.24) is 4.90 Å². The zero-order valence-corrected chi connectivity index (χ0v) is 18.2. The molecule has 0 radical (unpaired) electrons. The molecule has 1 saturated heterocycles.